The first kappa shape index (κ1) is 20.6. The second-order valence-electron chi connectivity index (χ2n) is 7.01. The summed E-state index contributed by atoms with van der Waals surface area (Å²) in [6.07, 6.45) is 0. The number of rotatable bonds is 5. The topological polar surface area (TPSA) is 70.4 Å². The van der Waals surface area contributed by atoms with Crippen LogP contribution in [0.5, 0.6) is 0 Å². The van der Waals surface area contributed by atoms with E-state index in [0.717, 1.165) is 27.4 Å². The fourth-order valence-corrected chi connectivity index (χ4v) is 5.02. The molecular formula is C23H23ClN4OS. The van der Waals surface area contributed by atoms with Gasteiger partial charge in [-0.15, -0.1) is 0 Å². The molecule has 4 N–H and O–H groups in total. The summed E-state index contributed by atoms with van der Waals surface area (Å²) in [5, 5.41) is 6.71. The molecule has 30 heavy (non-hydrogen) atoms. The van der Waals surface area contributed by atoms with Crippen LogP contribution in [-0.2, 0) is 6.54 Å². The fourth-order valence-electron chi connectivity index (χ4n) is 3.56. The molecule has 3 aromatic carbocycles. The van der Waals surface area contributed by atoms with Gasteiger partial charge in [0.1, 0.15) is 0 Å². The van der Waals surface area contributed by atoms with E-state index in [2.05, 4.69) is 15.5 Å². The van der Waals surface area contributed by atoms with Crippen molar-refractivity contribution >= 4 is 40.8 Å². The van der Waals surface area contributed by atoms with Crippen molar-refractivity contribution in [2.45, 2.75) is 29.9 Å². The molecule has 7 heteroatoms. The third-order valence-electron chi connectivity index (χ3n) is 5.03. The molecule has 0 bridgehead atoms. The molecule has 2 amide bonds. The molecular weight excluding hydrogens is 416 g/mol. The van der Waals surface area contributed by atoms with E-state index in [-0.39, 0.29) is 17.6 Å². The van der Waals surface area contributed by atoms with Crippen molar-refractivity contribution in [1.29, 1.82) is 0 Å². The van der Waals surface area contributed by atoms with Crippen LogP contribution in [0.25, 0.3) is 0 Å². The number of fused-ring (bicyclic) bond motifs is 1. The molecule has 2 atom stereocenters. The first-order chi connectivity index (χ1) is 14.6. The molecule has 2 unspecified atom stereocenters. The second-order valence-corrected chi connectivity index (χ2v) is 8.54. The van der Waals surface area contributed by atoms with Gasteiger partial charge in [-0.3, -0.25) is 0 Å². The molecule has 1 aliphatic rings. The minimum Gasteiger partial charge on any atom is -0.332 e. The van der Waals surface area contributed by atoms with Crippen LogP contribution in [0.2, 0.25) is 5.02 Å². The van der Waals surface area contributed by atoms with E-state index in [1.165, 1.54) is 0 Å². The Balaban J connectivity index is 1.60. The summed E-state index contributed by atoms with van der Waals surface area (Å²) in [7, 11) is 0. The minimum absolute atomic E-state index is 0.117. The Morgan fingerprint density at radius 2 is 1.83 bits per heavy atom. The van der Waals surface area contributed by atoms with Gasteiger partial charge in [-0.1, -0.05) is 78.0 Å². The number of anilines is 2. The lowest BCUT2D eigenvalue weighted by Crippen LogP contribution is -2.47. The number of carbonyl (C=O) groups is 1. The zero-order chi connectivity index (χ0) is 21.1. The molecule has 4 rings (SSSR count). The molecule has 0 radical (unpaired) electrons. The van der Waals surface area contributed by atoms with Crippen molar-refractivity contribution < 1.29 is 4.79 Å². The zero-order valence-electron chi connectivity index (χ0n) is 16.5. The average molecular weight is 439 g/mol. The van der Waals surface area contributed by atoms with Gasteiger partial charge in [0, 0.05) is 11.4 Å². The molecule has 0 aliphatic carbocycles. The fraction of sp³-hybridized carbons (Fsp3) is 0.174. The van der Waals surface area contributed by atoms with Crippen molar-refractivity contribution in [3.05, 3.63) is 88.9 Å². The highest BCUT2D eigenvalue weighted by Gasteiger charge is 2.34. The van der Waals surface area contributed by atoms with Gasteiger partial charge in [-0.25, -0.2) is 4.79 Å². The van der Waals surface area contributed by atoms with E-state index in [0.29, 0.717) is 11.6 Å². The smallest absolute Gasteiger partial charge is 0.317 e. The summed E-state index contributed by atoms with van der Waals surface area (Å²) < 4.78 is 0. The monoisotopic (exact) mass is 438 g/mol. The number of hydrogen-bond donors (Lipinski definition) is 3. The SMILES string of the molecule is CC(NC(=O)NC1Sc2ccccc2N1c1c(Cl)cccc1CN)c1ccccc1. The normalized spacial score (nSPS) is 16.1. The standard InChI is InChI=1S/C23H23ClN4OS/c1-15(16-8-3-2-4-9-16)26-22(29)27-23-28(19-12-5-6-13-20(19)30-23)21-17(14-25)10-7-11-18(21)24/h2-13,15,23H,14,25H2,1H3,(H2,26,27,29). The van der Waals surface area contributed by atoms with Crippen molar-refractivity contribution in [2.24, 2.45) is 5.73 Å². The Labute approximate surface area is 185 Å². The van der Waals surface area contributed by atoms with Crippen LogP contribution in [0, 0.1) is 0 Å². The number of halogens is 1. The number of nitrogens with one attached hydrogen (secondary N) is 2. The molecule has 3 aromatic rings. The second kappa shape index (κ2) is 9.00. The number of nitrogens with zero attached hydrogens (tertiary/aromatic N) is 1. The number of thioether (sulfide) groups is 1. The quantitative estimate of drug-likeness (QED) is 0.499. The third-order valence-corrected chi connectivity index (χ3v) is 6.49. The number of para-hydroxylation sites is 2. The molecule has 0 saturated heterocycles. The third kappa shape index (κ3) is 4.12. The largest absolute Gasteiger partial charge is 0.332 e. The van der Waals surface area contributed by atoms with Gasteiger partial charge >= 0.3 is 6.03 Å². The molecule has 0 spiro atoms. The van der Waals surface area contributed by atoms with Gasteiger partial charge in [0.05, 0.1) is 22.4 Å². The van der Waals surface area contributed by atoms with Gasteiger partial charge in [0.25, 0.3) is 0 Å². The number of nitrogens with two attached hydrogens (primary N) is 1. The molecule has 1 aliphatic heterocycles. The highest BCUT2D eigenvalue weighted by molar-refractivity contribution is 8.00. The lowest BCUT2D eigenvalue weighted by Gasteiger charge is -2.30. The lowest BCUT2D eigenvalue weighted by atomic mass is 10.1. The maximum absolute atomic E-state index is 12.8. The van der Waals surface area contributed by atoms with Crippen LogP contribution in [0.3, 0.4) is 0 Å². The molecule has 5 nitrogen and oxygen atoms in total. The molecule has 0 aromatic heterocycles. The Bertz CT molecular complexity index is 1050. The Hall–Kier alpha value is -2.67. The summed E-state index contributed by atoms with van der Waals surface area (Å²) >= 11 is 8.16. The summed E-state index contributed by atoms with van der Waals surface area (Å²) in [5.41, 5.74) is 9.42. The van der Waals surface area contributed by atoms with E-state index >= 15 is 0 Å². The Morgan fingerprint density at radius 1 is 1.10 bits per heavy atom. The predicted octanol–water partition coefficient (Wildman–Crippen LogP) is 5.39. The van der Waals surface area contributed by atoms with Gasteiger partial charge in [-0.2, -0.15) is 0 Å². The maximum atomic E-state index is 12.8. The predicted molar refractivity (Wildman–Crippen MR) is 124 cm³/mol. The highest BCUT2D eigenvalue weighted by Crippen LogP contribution is 2.49. The van der Waals surface area contributed by atoms with E-state index in [1.807, 2.05) is 79.7 Å². The van der Waals surface area contributed by atoms with Crippen molar-refractivity contribution in [3.63, 3.8) is 0 Å². The Morgan fingerprint density at radius 3 is 2.60 bits per heavy atom. The van der Waals surface area contributed by atoms with E-state index < -0.39 is 0 Å². The number of amides is 2. The van der Waals surface area contributed by atoms with Crippen LogP contribution in [0.15, 0.2) is 77.7 Å². The van der Waals surface area contributed by atoms with Crippen LogP contribution in [0.1, 0.15) is 24.1 Å². The first-order valence-electron chi connectivity index (χ1n) is 9.73. The summed E-state index contributed by atoms with van der Waals surface area (Å²) in [4.78, 5) is 16.0. The van der Waals surface area contributed by atoms with Crippen LogP contribution >= 0.6 is 23.4 Å². The number of hydrogen-bond acceptors (Lipinski definition) is 4. The number of urea groups is 1. The molecule has 154 valence electrons. The maximum Gasteiger partial charge on any atom is 0.317 e. The highest BCUT2D eigenvalue weighted by atomic mass is 35.5. The summed E-state index contributed by atoms with van der Waals surface area (Å²) in [6, 6.07) is 23.2. The van der Waals surface area contributed by atoms with E-state index in [1.54, 1.807) is 11.8 Å². The first-order valence-corrected chi connectivity index (χ1v) is 11.0. The summed E-state index contributed by atoms with van der Waals surface area (Å²) in [6.45, 7) is 2.31. The zero-order valence-corrected chi connectivity index (χ0v) is 18.1. The van der Waals surface area contributed by atoms with Crippen LogP contribution < -0.4 is 21.3 Å². The van der Waals surface area contributed by atoms with Crippen LogP contribution in [0.4, 0.5) is 16.2 Å². The van der Waals surface area contributed by atoms with Gasteiger partial charge in [0.15, 0.2) is 5.50 Å². The van der Waals surface area contributed by atoms with Crippen molar-refractivity contribution in [2.75, 3.05) is 4.90 Å². The molecule has 0 saturated carbocycles. The lowest BCUT2D eigenvalue weighted by molar-refractivity contribution is 0.237. The van der Waals surface area contributed by atoms with Crippen LogP contribution in [-0.4, -0.2) is 11.5 Å². The van der Waals surface area contributed by atoms with Crippen molar-refractivity contribution in [3.8, 4) is 0 Å². The van der Waals surface area contributed by atoms with Crippen molar-refractivity contribution in [1.82, 2.24) is 10.6 Å². The van der Waals surface area contributed by atoms with E-state index in [4.69, 9.17) is 17.3 Å². The van der Waals surface area contributed by atoms with Gasteiger partial charge in [0.2, 0.25) is 0 Å². The minimum atomic E-state index is -0.351. The van der Waals surface area contributed by atoms with Gasteiger partial charge in [-0.05, 0) is 36.2 Å². The van der Waals surface area contributed by atoms with Gasteiger partial charge < -0.3 is 21.3 Å². The number of carbonyl (C=O) groups excluding carboxylic acids is 1. The van der Waals surface area contributed by atoms with E-state index in [9.17, 15) is 4.79 Å². The number of benzene rings is 3. The average Bonchev–Trinajstić information content (AvgIpc) is 3.11. The summed E-state index contributed by atoms with van der Waals surface area (Å²) in [5.74, 6) is 0. The Kier molecular flexibility index (Phi) is 6.18. The molecule has 1 heterocycles. The molecule has 0 fully saturated rings.